The number of aryl methyl sites for hydroxylation is 1. The molecule has 0 radical (unpaired) electrons. The number of carbonyl (C=O) groups is 1. The minimum absolute atomic E-state index is 0.186. The minimum atomic E-state index is -0.355. The molecule has 1 N–H and O–H groups in total. The second-order valence-electron chi connectivity index (χ2n) is 6.82. The fourth-order valence-electron chi connectivity index (χ4n) is 3.11. The van der Waals surface area contributed by atoms with Crippen LogP contribution in [0, 0.1) is 12.7 Å². The molecule has 0 aliphatic rings. The number of amides is 1. The van der Waals surface area contributed by atoms with Crippen molar-refractivity contribution in [1.29, 1.82) is 0 Å². The van der Waals surface area contributed by atoms with Crippen molar-refractivity contribution in [2.75, 3.05) is 0 Å². The number of hydrogen-bond donors (Lipinski definition) is 1. The van der Waals surface area contributed by atoms with Crippen LogP contribution in [0.2, 0.25) is 0 Å². The summed E-state index contributed by atoms with van der Waals surface area (Å²) in [6.07, 6.45) is 0. The summed E-state index contributed by atoms with van der Waals surface area (Å²) in [5.74, 6) is 0.674. The second-order valence-corrected chi connectivity index (χ2v) is 6.82. The van der Waals surface area contributed by atoms with Crippen molar-refractivity contribution in [3.05, 3.63) is 95.6 Å². The molecule has 29 heavy (non-hydrogen) atoms. The van der Waals surface area contributed by atoms with E-state index >= 15 is 0 Å². The molecule has 1 atom stereocenters. The maximum Gasteiger partial charge on any atom is 0.270 e. The normalized spacial score (nSPS) is 12.0. The summed E-state index contributed by atoms with van der Waals surface area (Å²) in [7, 11) is 0. The predicted octanol–water partition coefficient (Wildman–Crippen LogP) is 5.07. The third-order valence-electron chi connectivity index (χ3n) is 4.65. The smallest absolute Gasteiger partial charge is 0.270 e. The summed E-state index contributed by atoms with van der Waals surface area (Å²) >= 11 is 0. The Morgan fingerprint density at radius 2 is 1.79 bits per heavy atom. The zero-order chi connectivity index (χ0) is 20.4. The lowest BCUT2D eigenvalue weighted by Gasteiger charge is -2.15. The first kappa shape index (κ1) is 18.7. The average molecular weight is 389 g/mol. The lowest BCUT2D eigenvalue weighted by Crippen LogP contribution is -2.28. The van der Waals surface area contributed by atoms with Gasteiger partial charge >= 0.3 is 0 Å². The van der Waals surface area contributed by atoms with Gasteiger partial charge in [-0.25, -0.2) is 9.07 Å². The van der Waals surface area contributed by atoms with Gasteiger partial charge in [-0.05, 0) is 55.8 Å². The van der Waals surface area contributed by atoms with Crippen LogP contribution in [0.3, 0.4) is 0 Å². The van der Waals surface area contributed by atoms with Gasteiger partial charge in [0.15, 0.2) is 5.76 Å². The summed E-state index contributed by atoms with van der Waals surface area (Å²) in [5, 5.41) is 7.53. The SMILES string of the molecule is Cc1ccc(-c2cc(C(=O)N[C@@H](C)c3ccccc3)n(-c3ccc(F)cc3)n2)o1. The highest BCUT2D eigenvalue weighted by Gasteiger charge is 2.21. The van der Waals surface area contributed by atoms with Gasteiger partial charge in [-0.15, -0.1) is 0 Å². The molecule has 0 spiro atoms. The Labute approximate surface area is 167 Å². The number of rotatable bonds is 5. The number of nitrogens with zero attached hydrogens (tertiary/aromatic N) is 2. The highest BCUT2D eigenvalue weighted by molar-refractivity contribution is 5.94. The molecular weight excluding hydrogens is 369 g/mol. The first-order valence-corrected chi connectivity index (χ1v) is 9.30. The highest BCUT2D eigenvalue weighted by Crippen LogP contribution is 2.24. The summed E-state index contributed by atoms with van der Waals surface area (Å²) in [5.41, 5.74) is 2.44. The van der Waals surface area contributed by atoms with Crippen molar-refractivity contribution in [3.8, 4) is 17.1 Å². The van der Waals surface area contributed by atoms with Crippen molar-refractivity contribution in [3.63, 3.8) is 0 Å². The Bertz CT molecular complexity index is 1130. The molecule has 0 aliphatic carbocycles. The number of nitrogens with one attached hydrogen (secondary N) is 1. The number of aromatic nitrogens is 2. The molecule has 0 fully saturated rings. The molecular formula is C23H20FN3O2. The van der Waals surface area contributed by atoms with E-state index in [1.807, 2.05) is 50.2 Å². The Morgan fingerprint density at radius 3 is 2.45 bits per heavy atom. The first-order valence-electron chi connectivity index (χ1n) is 9.30. The van der Waals surface area contributed by atoms with Gasteiger partial charge in [0, 0.05) is 6.07 Å². The van der Waals surface area contributed by atoms with E-state index in [4.69, 9.17) is 4.42 Å². The van der Waals surface area contributed by atoms with E-state index in [2.05, 4.69) is 10.4 Å². The molecule has 4 rings (SSSR count). The molecule has 146 valence electrons. The zero-order valence-corrected chi connectivity index (χ0v) is 16.1. The Hall–Kier alpha value is -3.67. The molecule has 5 nitrogen and oxygen atoms in total. The molecule has 0 unspecified atom stereocenters. The third-order valence-corrected chi connectivity index (χ3v) is 4.65. The van der Waals surface area contributed by atoms with Gasteiger partial charge in [-0.1, -0.05) is 30.3 Å². The average Bonchev–Trinajstić information content (AvgIpc) is 3.36. The Kier molecular flexibility index (Phi) is 4.99. The van der Waals surface area contributed by atoms with E-state index < -0.39 is 0 Å². The van der Waals surface area contributed by atoms with Crippen LogP contribution in [-0.2, 0) is 0 Å². The van der Waals surface area contributed by atoms with Crippen molar-refractivity contribution in [1.82, 2.24) is 15.1 Å². The topological polar surface area (TPSA) is 60.1 Å². The largest absolute Gasteiger partial charge is 0.460 e. The van der Waals surface area contributed by atoms with Crippen molar-refractivity contribution < 1.29 is 13.6 Å². The van der Waals surface area contributed by atoms with Gasteiger partial charge in [0.2, 0.25) is 0 Å². The number of furan rings is 1. The quantitative estimate of drug-likeness (QED) is 0.518. The molecule has 2 heterocycles. The van der Waals surface area contributed by atoms with Crippen LogP contribution in [0.15, 0.2) is 77.2 Å². The van der Waals surface area contributed by atoms with Crippen molar-refractivity contribution in [2.45, 2.75) is 19.9 Å². The number of carbonyl (C=O) groups excluding carboxylic acids is 1. The van der Waals surface area contributed by atoms with E-state index in [-0.39, 0.29) is 17.8 Å². The minimum Gasteiger partial charge on any atom is -0.460 e. The lowest BCUT2D eigenvalue weighted by molar-refractivity contribution is 0.0932. The van der Waals surface area contributed by atoms with Gasteiger partial charge in [-0.2, -0.15) is 5.10 Å². The van der Waals surface area contributed by atoms with Crippen molar-refractivity contribution in [2.24, 2.45) is 0 Å². The summed E-state index contributed by atoms with van der Waals surface area (Å²) in [6.45, 7) is 3.76. The molecule has 6 heteroatoms. The lowest BCUT2D eigenvalue weighted by atomic mass is 10.1. The molecule has 0 saturated heterocycles. The fraction of sp³-hybridized carbons (Fsp3) is 0.130. The van der Waals surface area contributed by atoms with Crippen molar-refractivity contribution >= 4 is 5.91 Å². The van der Waals surface area contributed by atoms with Crippen LogP contribution in [-0.4, -0.2) is 15.7 Å². The van der Waals surface area contributed by atoms with E-state index in [0.29, 0.717) is 22.8 Å². The van der Waals surface area contributed by atoms with Crippen LogP contribution in [0.4, 0.5) is 4.39 Å². The van der Waals surface area contributed by atoms with Gasteiger partial charge in [0.1, 0.15) is 23.0 Å². The Balaban J connectivity index is 1.71. The van der Waals surface area contributed by atoms with Gasteiger partial charge in [0.25, 0.3) is 5.91 Å². The highest BCUT2D eigenvalue weighted by atomic mass is 19.1. The summed E-state index contributed by atoms with van der Waals surface area (Å²) < 4.78 is 20.5. The standard InChI is InChI=1S/C23H20FN3O2/c1-15-8-13-22(29-15)20-14-21(27(26-20)19-11-9-18(24)10-12-19)23(28)25-16(2)17-6-4-3-5-7-17/h3-14,16H,1-2H3,(H,25,28)/t16-/m0/s1. The monoisotopic (exact) mass is 389 g/mol. The predicted molar refractivity (Wildman–Crippen MR) is 108 cm³/mol. The van der Waals surface area contributed by atoms with Gasteiger partial charge in [-0.3, -0.25) is 4.79 Å². The van der Waals surface area contributed by atoms with Crippen LogP contribution >= 0.6 is 0 Å². The maximum absolute atomic E-state index is 13.4. The van der Waals surface area contributed by atoms with E-state index in [0.717, 1.165) is 11.3 Å². The van der Waals surface area contributed by atoms with E-state index in [9.17, 15) is 9.18 Å². The second kappa shape index (κ2) is 7.75. The van der Waals surface area contributed by atoms with Gasteiger partial charge in [0.05, 0.1) is 11.7 Å². The zero-order valence-electron chi connectivity index (χ0n) is 16.1. The van der Waals surface area contributed by atoms with Crippen LogP contribution in [0.5, 0.6) is 0 Å². The Morgan fingerprint density at radius 1 is 1.07 bits per heavy atom. The van der Waals surface area contributed by atoms with Crippen LogP contribution in [0.1, 0.15) is 34.8 Å². The van der Waals surface area contributed by atoms with E-state index in [1.54, 1.807) is 24.3 Å². The molecule has 4 aromatic rings. The maximum atomic E-state index is 13.4. The molecule has 1 amide bonds. The number of halogens is 1. The molecule has 2 aromatic carbocycles. The summed E-state index contributed by atoms with van der Waals surface area (Å²) in [4.78, 5) is 13.1. The van der Waals surface area contributed by atoms with Crippen LogP contribution in [0.25, 0.3) is 17.1 Å². The van der Waals surface area contributed by atoms with Crippen LogP contribution < -0.4 is 5.32 Å². The molecule has 2 aromatic heterocycles. The fourth-order valence-corrected chi connectivity index (χ4v) is 3.11. The first-order chi connectivity index (χ1) is 14.0. The molecule has 0 aliphatic heterocycles. The number of hydrogen-bond acceptors (Lipinski definition) is 3. The molecule has 0 bridgehead atoms. The van der Waals surface area contributed by atoms with Gasteiger partial charge < -0.3 is 9.73 Å². The summed E-state index contributed by atoms with van der Waals surface area (Å²) in [6, 6.07) is 20.7. The van der Waals surface area contributed by atoms with E-state index in [1.165, 1.54) is 16.8 Å². The number of benzene rings is 2. The third kappa shape index (κ3) is 3.96. The molecule has 0 saturated carbocycles.